The number of amides is 1. The molecule has 1 heterocycles. The molecule has 1 amide bonds. The first kappa shape index (κ1) is 12.7. The first-order chi connectivity index (χ1) is 8.58. The molecule has 0 saturated carbocycles. The molecule has 0 aliphatic carbocycles. The number of hydrogen-bond acceptors (Lipinski definition) is 4. The molecular formula is C11H7BrN2O3S. The molecule has 0 fully saturated rings. The number of hydrogen-bond donors (Lipinski definition) is 1. The molecule has 18 heavy (non-hydrogen) atoms. The van der Waals surface area contributed by atoms with Gasteiger partial charge >= 0.3 is 0 Å². The Morgan fingerprint density at radius 3 is 2.78 bits per heavy atom. The smallest absolute Gasteiger partial charge is 0.284 e. The lowest BCUT2D eigenvalue weighted by Gasteiger charge is -2.03. The SMILES string of the molecule is O=C(Nc1ccsc1)c1ccc(Br)c([N+](=O)[O-])c1. The van der Waals surface area contributed by atoms with Crippen molar-refractivity contribution in [1.82, 2.24) is 0 Å². The number of nitrogens with zero attached hydrogens (tertiary/aromatic N) is 1. The van der Waals surface area contributed by atoms with Crippen LogP contribution in [0.5, 0.6) is 0 Å². The van der Waals surface area contributed by atoms with Gasteiger partial charge in [0, 0.05) is 17.0 Å². The highest BCUT2D eigenvalue weighted by Gasteiger charge is 2.16. The van der Waals surface area contributed by atoms with Crippen LogP contribution in [0.4, 0.5) is 11.4 Å². The topological polar surface area (TPSA) is 72.2 Å². The van der Waals surface area contributed by atoms with E-state index in [2.05, 4.69) is 21.2 Å². The van der Waals surface area contributed by atoms with Crippen molar-refractivity contribution in [1.29, 1.82) is 0 Å². The summed E-state index contributed by atoms with van der Waals surface area (Å²) < 4.78 is 0.347. The van der Waals surface area contributed by atoms with Gasteiger partial charge in [0.15, 0.2) is 0 Å². The number of anilines is 1. The van der Waals surface area contributed by atoms with Crippen LogP contribution in [0.1, 0.15) is 10.4 Å². The third kappa shape index (κ3) is 2.74. The number of rotatable bonds is 3. The molecule has 0 unspecified atom stereocenters. The maximum Gasteiger partial charge on any atom is 0.284 e. The maximum atomic E-state index is 11.9. The third-order valence-corrected chi connectivity index (χ3v) is 3.54. The van der Waals surface area contributed by atoms with Crippen molar-refractivity contribution in [2.75, 3.05) is 5.32 Å². The molecular weight excluding hydrogens is 320 g/mol. The molecule has 0 atom stereocenters. The maximum absolute atomic E-state index is 11.9. The Bertz CT molecular complexity index is 598. The summed E-state index contributed by atoms with van der Waals surface area (Å²) in [5.41, 5.74) is 0.791. The highest BCUT2D eigenvalue weighted by Crippen LogP contribution is 2.26. The summed E-state index contributed by atoms with van der Waals surface area (Å²) in [6, 6.07) is 6.01. The van der Waals surface area contributed by atoms with E-state index >= 15 is 0 Å². The number of carbonyl (C=O) groups is 1. The van der Waals surface area contributed by atoms with Crippen LogP contribution < -0.4 is 5.32 Å². The second-order valence-electron chi connectivity index (χ2n) is 3.39. The molecule has 5 nitrogen and oxygen atoms in total. The lowest BCUT2D eigenvalue weighted by atomic mass is 10.2. The van der Waals surface area contributed by atoms with E-state index in [1.165, 1.54) is 29.5 Å². The van der Waals surface area contributed by atoms with Gasteiger partial charge in [0.05, 0.1) is 15.1 Å². The number of carbonyl (C=O) groups excluding carboxylic acids is 1. The minimum atomic E-state index is -0.536. The molecule has 0 radical (unpaired) electrons. The van der Waals surface area contributed by atoms with Gasteiger partial charge in [-0.3, -0.25) is 14.9 Å². The second kappa shape index (κ2) is 5.28. The zero-order chi connectivity index (χ0) is 13.1. The van der Waals surface area contributed by atoms with E-state index in [0.717, 1.165) is 0 Å². The van der Waals surface area contributed by atoms with Gasteiger partial charge in [-0.05, 0) is 39.5 Å². The molecule has 92 valence electrons. The molecule has 0 aliphatic rings. The van der Waals surface area contributed by atoms with Gasteiger partial charge < -0.3 is 5.32 Å². The van der Waals surface area contributed by atoms with Crippen molar-refractivity contribution >= 4 is 44.5 Å². The summed E-state index contributed by atoms with van der Waals surface area (Å²) in [4.78, 5) is 22.1. The minimum Gasteiger partial charge on any atom is -0.321 e. The van der Waals surface area contributed by atoms with Gasteiger partial charge in [0.2, 0.25) is 0 Å². The van der Waals surface area contributed by atoms with Crippen molar-refractivity contribution in [2.24, 2.45) is 0 Å². The zero-order valence-electron chi connectivity index (χ0n) is 8.92. The van der Waals surface area contributed by atoms with Crippen LogP contribution in [0.3, 0.4) is 0 Å². The van der Waals surface area contributed by atoms with E-state index in [-0.39, 0.29) is 17.2 Å². The van der Waals surface area contributed by atoms with Crippen LogP contribution in [0.25, 0.3) is 0 Å². The first-order valence-electron chi connectivity index (χ1n) is 4.85. The van der Waals surface area contributed by atoms with Gasteiger partial charge in [-0.2, -0.15) is 11.3 Å². The van der Waals surface area contributed by atoms with Crippen LogP contribution in [0, 0.1) is 10.1 Å². The van der Waals surface area contributed by atoms with Gasteiger partial charge in [-0.15, -0.1) is 0 Å². The monoisotopic (exact) mass is 326 g/mol. The number of halogens is 1. The average molecular weight is 327 g/mol. The van der Waals surface area contributed by atoms with E-state index in [1.54, 1.807) is 11.4 Å². The van der Waals surface area contributed by atoms with E-state index in [9.17, 15) is 14.9 Å². The van der Waals surface area contributed by atoms with Crippen molar-refractivity contribution < 1.29 is 9.72 Å². The molecule has 1 aromatic carbocycles. The normalized spacial score (nSPS) is 10.1. The molecule has 0 bridgehead atoms. The Morgan fingerprint density at radius 2 is 2.17 bits per heavy atom. The lowest BCUT2D eigenvalue weighted by Crippen LogP contribution is -2.11. The van der Waals surface area contributed by atoms with Crippen LogP contribution in [-0.2, 0) is 0 Å². The fourth-order valence-corrected chi connectivity index (χ4v) is 2.31. The Kier molecular flexibility index (Phi) is 3.73. The van der Waals surface area contributed by atoms with Gasteiger partial charge in [0.25, 0.3) is 11.6 Å². The molecule has 2 rings (SSSR count). The molecule has 1 aromatic heterocycles. The standard InChI is InChI=1S/C11H7BrN2O3S/c12-9-2-1-7(5-10(9)14(16)17)11(15)13-8-3-4-18-6-8/h1-6H,(H,13,15). The summed E-state index contributed by atoms with van der Waals surface area (Å²) in [5, 5.41) is 17.0. The van der Waals surface area contributed by atoms with Crippen molar-refractivity contribution in [3.05, 3.63) is 55.2 Å². The number of nitro groups is 1. The molecule has 0 aliphatic heterocycles. The second-order valence-corrected chi connectivity index (χ2v) is 5.02. The van der Waals surface area contributed by atoms with Crippen LogP contribution in [0.15, 0.2) is 39.5 Å². The predicted molar refractivity (Wildman–Crippen MR) is 73.1 cm³/mol. The van der Waals surface area contributed by atoms with E-state index in [0.29, 0.717) is 10.2 Å². The summed E-state index contributed by atoms with van der Waals surface area (Å²) in [6.07, 6.45) is 0. The number of benzene rings is 1. The van der Waals surface area contributed by atoms with Crippen molar-refractivity contribution in [2.45, 2.75) is 0 Å². The van der Waals surface area contributed by atoms with E-state index in [4.69, 9.17) is 0 Å². The summed E-state index contributed by atoms with van der Waals surface area (Å²) >= 11 is 4.53. The summed E-state index contributed by atoms with van der Waals surface area (Å²) in [7, 11) is 0. The number of thiophene rings is 1. The van der Waals surface area contributed by atoms with Crippen LogP contribution >= 0.6 is 27.3 Å². The Balaban J connectivity index is 2.26. The minimum absolute atomic E-state index is 0.132. The van der Waals surface area contributed by atoms with Gasteiger partial charge in [-0.25, -0.2) is 0 Å². The quantitative estimate of drug-likeness (QED) is 0.690. The van der Waals surface area contributed by atoms with Crippen LogP contribution in [0.2, 0.25) is 0 Å². The van der Waals surface area contributed by atoms with Gasteiger partial charge in [-0.1, -0.05) is 0 Å². The first-order valence-corrected chi connectivity index (χ1v) is 6.59. The third-order valence-electron chi connectivity index (χ3n) is 2.18. The van der Waals surface area contributed by atoms with E-state index in [1.807, 2.05) is 5.38 Å². The lowest BCUT2D eigenvalue weighted by molar-refractivity contribution is -0.385. The average Bonchev–Trinajstić information content (AvgIpc) is 2.81. The number of nitro benzene ring substituents is 1. The van der Waals surface area contributed by atoms with Crippen LogP contribution in [-0.4, -0.2) is 10.8 Å². The Labute approximate surface area is 115 Å². The van der Waals surface area contributed by atoms with Crippen molar-refractivity contribution in [3.63, 3.8) is 0 Å². The molecule has 7 heteroatoms. The summed E-state index contributed by atoms with van der Waals surface area (Å²) in [6.45, 7) is 0. The molecule has 1 N–H and O–H groups in total. The zero-order valence-corrected chi connectivity index (χ0v) is 11.3. The molecule has 0 spiro atoms. The van der Waals surface area contributed by atoms with Crippen molar-refractivity contribution in [3.8, 4) is 0 Å². The fourth-order valence-electron chi connectivity index (χ4n) is 1.33. The fraction of sp³-hybridized carbons (Fsp3) is 0. The van der Waals surface area contributed by atoms with Gasteiger partial charge in [0.1, 0.15) is 0 Å². The largest absolute Gasteiger partial charge is 0.321 e. The molecule has 0 saturated heterocycles. The molecule has 2 aromatic rings. The highest BCUT2D eigenvalue weighted by molar-refractivity contribution is 9.10. The number of nitrogens with one attached hydrogen (secondary N) is 1. The summed E-state index contributed by atoms with van der Waals surface area (Å²) in [5.74, 6) is -0.371. The highest BCUT2D eigenvalue weighted by atomic mass is 79.9. The van der Waals surface area contributed by atoms with E-state index < -0.39 is 4.92 Å². The Hall–Kier alpha value is -1.73. The predicted octanol–water partition coefficient (Wildman–Crippen LogP) is 3.67. The Morgan fingerprint density at radius 1 is 1.39 bits per heavy atom.